The van der Waals surface area contributed by atoms with Crippen LogP contribution in [0.25, 0.3) is 0 Å². The zero-order valence-electron chi connectivity index (χ0n) is 18.0. The van der Waals surface area contributed by atoms with Crippen LogP contribution in [0.5, 0.6) is 0 Å². The highest BCUT2D eigenvalue weighted by molar-refractivity contribution is 6.05. The van der Waals surface area contributed by atoms with E-state index in [1.165, 1.54) is 0 Å². The van der Waals surface area contributed by atoms with Crippen molar-refractivity contribution in [1.29, 1.82) is 0 Å². The summed E-state index contributed by atoms with van der Waals surface area (Å²) in [6.07, 6.45) is 0.701. The van der Waals surface area contributed by atoms with Gasteiger partial charge in [0.25, 0.3) is 5.91 Å². The Kier molecular flexibility index (Phi) is 8.15. The number of carbonyl (C=O) groups excluding carboxylic acids is 3. The maximum absolute atomic E-state index is 12.4. The van der Waals surface area contributed by atoms with Gasteiger partial charge in [-0.05, 0) is 48.4 Å². The van der Waals surface area contributed by atoms with Crippen molar-refractivity contribution in [3.8, 4) is 0 Å². The van der Waals surface area contributed by atoms with Crippen molar-refractivity contribution in [2.45, 2.75) is 26.2 Å². The van der Waals surface area contributed by atoms with Gasteiger partial charge in [0.1, 0.15) is 0 Å². The summed E-state index contributed by atoms with van der Waals surface area (Å²) >= 11 is 0. The van der Waals surface area contributed by atoms with Gasteiger partial charge in [-0.25, -0.2) is 0 Å². The molecular weight excluding hydrogens is 404 g/mol. The van der Waals surface area contributed by atoms with E-state index in [2.05, 4.69) is 10.6 Å². The highest BCUT2D eigenvalue weighted by Crippen LogP contribution is 2.16. The van der Waals surface area contributed by atoms with E-state index in [1.54, 1.807) is 30.3 Å². The summed E-state index contributed by atoms with van der Waals surface area (Å²) in [5.41, 5.74) is 3.81. The normalized spacial score (nSPS) is 10.3. The number of benzene rings is 3. The zero-order chi connectivity index (χ0) is 22.8. The van der Waals surface area contributed by atoms with E-state index in [9.17, 15) is 14.4 Å². The largest absolute Gasteiger partial charge is 0.465 e. The minimum atomic E-state index is -0.398. The number of esters is 1. The van der Waals surface area contributed by atoms with E-state index in [0.717, 1.165) is 11.1 Å². The number of ether oxygens (including phenoxy) is 1. The van der Waals surface area contributed by atoms with Crippen molar-refractivity contribution in [3.05, 3.63) is 95.6 Å². The number of hydrogen-bond acceptors (Lipinski definition) is 4. The fraction of sp³-hybridized carbons (Fsp3) is 0.192. The minimum absolute atomic E-state index is 0.0190. The van der Waals surface area contributed by atoms with Crippen LogP contribution in [0.15, 0.2) is 78.9 Å². The van der Waals surface area contributed by atoms with Crippen molar-refractivity contribution in [2.24, 2.45) is 0 Å². The van der Waals surface area contributed by atoms with Crippen LogP contribution in [-0.4, -0.2) is 24.4 Å². The molecule has 6 nitrogen and oxygen atoms in total. The molecule has 0 aliphatic carbocycles. The van der Waals surface area contributed by atoms with Crippen LogP contribution in [-0.2, 0) is 20.7 Å². The minimum Gasteiger partial charge on any atom is -0.465 e. The average molecular weight is 431 g/mol. The Hall–Kier alpha value is -3.93. The lowest BCUT2D eigenvalue weighted by molar-refractivity contribution is -0.144. The van der Waals surface area contributed by atoms with E-state index < -0.39 is 5.97 Å². The fourth-order valence-electron chi connectivity index (χ4n) is 3.10. The van der Waals surface area contributed by atoms with Crippen molar-refractivity contribution < 1.29 is 19.1 Å². The maximum atomic E-state index is 12.4. The first-order chi connectivity index (χ1) is 15.5. The smallest absolute Gasteiger partial charge is 0.306 e. The van der Waals surface area contributed by atoms with Crippen LogP contribution in [0.2, 0.25) is 0 Å². The molecule has 0 aromatic heterocycles. The average Bonchev–Trinajstić information content (AvgIpc) is 2.80. The molecule has 0 heterocycles. The summed E-state index contributed by atoms with van der Waals surface area (Å²) < 4.78 is 5.18. The Morgan fingerprint density at radius 2 is 1.38 bits per heavy atom. The molecule has 0 atom stereocenters. The lowest BCUT2D eigenvalue weighted by Gasteiger charge is -2.09. The summed E-state index contributed by atoms with van der Waals surface area (Å²) in [6, 6.07) is 23.9. The molecule has 2 amide bonds. The van der Waals surface area contributed by atoms with Crippen LogP contribution in [0.3, 0.4) is 0 Å². The fourth-order valence-corrected chi connectivity index (χ4v) is 3.10. The van der Waals surface area contributed by atoms with Crippen molar-refractivity contribution >= 4 is 29.2 Å². The molecule has 3 aromatic rings. The van der Waals surface area contributed by atoms with Gasteiger partial charge in [-0.2, -0.15) is 0 Å². The van der Waals surface area contributed by atoms with Crippen LogP contribution in [0.1, 0.15) is 34.3 Å². The van der Waals surface area contributed by atoms with Gasteiger partial charge in [-0.15, -0.1) is 0 Å². The van der Waals surface area contributed by atoms with Gasteiger partial charge in [-0.3, -0.25) is 14.4 Å². The van der Waals surface area contributed by atoms with E-state index in [0.29, 0.717) is 30.0 Å². The van der Waals surface area contributed by atoms with E-state index in [4.69, 9.17) is 4.74 Å². The van der Waals surface area contributed by atoms with Gasteiger partial charge >= 0.3 is 5.97 Å². The highest BCUT2D eigenvalue weighted by atomic mass is 16.5. The second-order valence-corrected chi connectivity index (χ2v) is 7.35. The van der Waals surface area contributed by atoms with Crippen molar-refractivity contribution in [3.63, 3.8) is 0 Å². The monoisotopic (exact) mass is 430 g/mol. The second kappa shape index (κ2) is 11.5. The summed E-state index contributed by atoms with van der Waals surface area (Å²) in [6.45, 7) is 2.17. The standard InChI is InChI=1S/C26H26N2O4/c1-19-7-5-6-10-23(19)26(31)28-22-13-11-21(12-14-22)27-24(29)15-16-25(30)32-18-17-20-8-3-2-4-9-20/h2-14H,15-18H2,1H3,(H,27,29)(H,28,31). The second-order valence-electron chi connectivity index (χ2n) is 7.35. The molecular formula is C26H26N2O4. The van der Waals surface area contributed by atoms with Gasteiger partial charge < -0.3 is 15.4 Å². The van der Waals surface area contributed by atoms with Crippen LogP contribution in [0.4, 0.5) is 11.4 Å². The van der Waals surface area contributed by atoms with Gasteiger partial charge in [-0.1, -0.05) is 48.5 Å². The molecule has 0 unspecified atom stereocenters. The molecule has 3 rings (SSSR count). The molecule has 0 saturated heterocycles. The third kappa shape index (κ3) is 7.09. The molecule has 0 fully saturated rings. The molecule has 0 saturated carbocycles. The number of nitrogens with one attached hydrogen (secondary N) is 2. The summed E-state index contributed by atoms with van der Waals surface area (Å²) in [5, 5.41) is 5.58. The lowest BCUT2D eigenvalue weighted by atomic mass is 10.1. The lowest BCUT2D eigenvalue weighted by Crippen LogP contribution is -2.15. The zero-order valence-corrected chi connectivity index (χ0v) is 18.0. The molecule has 0 bridgehead atoms. The molecule has 0 aliphatic heterocycles. The van der Waals surface area contributed by atoms with E-state index >= 15 is 0 Å². The summed E-state index contributed by atoms with van der Waals surface area (Å²) in [4.78, 5) is 36.3. The van der Waals surface area contributed by atoms with E-state index in [1.807, 2.05) is 55.5 Å². The predicted octanol–water partition coefficient (Wildman–Crippen LogP) is 4.75. The topological polar surface area (TPSA) is 84.5 Å². The summed E-state index contributed by atoms with van der Waals surface area (Å²) in [5.74, 6) is -0.863. The van der Waals surface area contributed by atoms with Gasteiger partial charge in [0.2, 0.25) is 5.91 Å². The highest BCUT2D eigenvalue weighted by Gasteiger charge is 2.10. The molecule has 164 valence electrons. The molecule has 32 heavy (non-hydrogen) atoms. The third-order valence-corrected chi connectivity index (χ3v) is 4.87. The Bertz CT molecular complexity index is 1060. The van der Waals surface area contributed by atoms with Crippen molar-refractivity contribution in [1.82, 2.24) is 0 Å². The predicted molar refractivity (Wildman–Crippen MR) is 125 cm³/mol. The van der Waals surface area contributed by atoms with Gasteiger partial charge in [0, 0.05) is 29.8 Å². The number of hydrogen-bond donors (Lipinski definition) is 2. The molecule has 0 radical (unpaired) electrons. The number of amides is 2. The van der Waals surface area contributed by atoms with E-state index in [-0.39, 0.29) is 24.7 Å². The Morgan fingerprint density at radius 3 is 2.06 bits per heavy atom. The van der Waals surface area contributed by atoms with Crippen LogP contribution < -0.4 is 10.6 Å². The van der Waals surface area contributed by atoms with Crippen molar-refractivity contribution in [2.75, 3.05) is 17.2 Å². The van der Waals surface area contributed by atoms with Gasteiger partial charge in [0.05, 0.1) is 13.0 Å². The third-order valence-electron chi connectivity index (χ3n) is 4.87. The first-order valence-corrected chi connectivity index (χ1v) is 10.5. The first kappa shape index (κ1) is 22.7. The molecule has 3 aromatic carbocycles. The molecule has 0 aliphatic rings. The molecule has 0 spiro atoms. The molecule has 6 heteroatoms. The van der Waals surface area contributed by atoms with Crippen LogP contribution in [0, 0.1) is 6.92 Å². The first-order valence-electron chi connectivity index (χ1n) is 10.5. The number of anilines is 2. The number of rotatable bonds is 9. The number of aryl methyl sites for hydroxylation is 1. The van der Waals surface area contributed by atoms with Crippen LogP contribution >= 0.6 is 0 Å². The SMILES string of the molecule is Cc1ccccc1C(=O)Nc1ccc(NC(=O)CCC(=O)OCCc2ccccc2)cc1. The Labute approximate surface area is 187 Å². The Balaban J connectivity index is 1.39. The molecule has 2 N–H and O–H groups in total. The maximum Gasteiger partial charge on any atom is 0.306 e. The quantitative estimate of drug-likeness (QED) is 0.480. The Morgan fingerprint density at radius 1 is 0.750 bits per heavy atom. The summed E-state index contributed by atoms with van der Waals surface area (Å²) in [7, 11) is 0. The number of carbonyl (C=O) groups is 3. The van der Waals surface area contributed by atoms with Gasteiger partial charge in [0.15, 0.2) is 0 Å².